The second-order valence-electron chi connectivity index (χ2n) is 6.77. The fourth-order valence-electron chi connectivity index (χ4n) is 3.20. The maximum atomic E-state index is 6.17. The molecule has 1 aromatic rings. The smallest absolute Gasteiger partial charge is 0.191 e. The predicted molar refractivity (Wildman–Crippen MR) is 125 cm³/mol. The molecule has 0 atom stereocenters. The van der Waals surface area contributed by atoms with Crippen molar-refractivity contribution in [3.05, 3.63) is 23.8 Å². The van der Waals surface area contributed by atoms with Gasteiger partial charge >= 0.3 is 0 Å². The zero-order valence-corrected chi connectivity index (χ0v) is 19.8. The number of hydrogen-bond acceptors (Lipinski definition) is 4. The Balaban J connectivity index is 0.00000392. The maximum Gasteiger partial charge on any atom is 0.191 e. The summed E-state index contributed by atoms with van der Waals surface area (Å²) >= 11 is 0. The number of nitrogens with one attached hydrogen (secondary N) is 2. The third kappa shape index (κ3) is 8.86. The number of nitrogens with zero attached hydrogens (tertiary/aromatic N) is 1. The first kappa shape index (κ1) is 24.8. The number of hydrogen-bond donors (Lipinski definition) is 2. The number of halogens is 1. The highest BCUT2D eigenvalue weighted by molar-refractivity contribution is 14.0. The van der Waals surface area contributed by atoms with Crippen molar-refractivity contribution in [1.29, 1.82) is 0 Å². The molecule has 0 bridgehead atoms. The molecule has 2 rings (SSSR count). The maximum absolute atomic E-state index is 6.17. The van der Waals surface area contributed by atoms with Crippen LogP contribution in [0.4, 0.5) is 0 Å². The molecule has 0 saturated heterocycles. The number of methoxy groups -OCH3 is 1. The average Bonchev–Trinajstić information content (AvgIpc) is 3.20. The van der Waals surface area contributed by atoms with E-state index in [1.165, 1.54) is 12.8 Å². The van der Waals surface area contributed by atoms with Gasteiger partial charge in [-0.2, -0.15) is 0 Å². The molecule has 28 heavy (non-hydrogen) atoms. The molecule has 0 aromatic heterocycles. The molecular formula is C21H36IN3O3. The largest absolute Gasteiger partial charge is 0.493 e. The summed E-state index contributed by atoms with van der Waals surface area (Å²) in [5.74, 6) is 2.44. The molecule has 1 aliphatic rings. The van der Waals surface area contributed by atoms with Gasteiger partial charge in [0.2, 0.25) is 0 Å². The van der Waals surface area contributed by atoms with Crippen molar-refractivity contribution in [2.75, 3.05) is 33.9 Å². The molecule has 0 radical (unpaired) electrons. The Kier molecular flexibility index (Phi) is 13.1. The third-order valence-corrected chi connectivity index (χ3v) is 4.72. The average molecular weight is 505 g/mol. The summed E-state index contributed by atoms with van der Waals surface area (Å²) < 4.78 is 17.0. The van der Waals surface area contributed by atoms with E-state index < -0.39 is 0 Å². The lowest BCUT2D eigenvalue weighted by molar-refractivity contribution is 0.143. The second-order valence-corrected chi connectivity index (χ2v) is 6.77. The summed E-state index contributed by atoms with van der Waals surface area (Å²) in [6, 6.07) is 6.10. The minimum absolute atomic E-state index is 0. The van der Waals surface area contributed by atoms with Crippen LogP contribution in [0.15, 0.2) is 23.2 Å². The molecule has 160 valence electrons. The first-order valence-corrected chi connectivity index (χ1v) is 10.1. The van der Waals surface area contributed by atoms with Crippen molar-refractivity contribution >= 4 is 29.9 Å². The van der Waals surface area contributed by atoms with Crippen molar-refractivity contribution in [2.45, 2.75) is 58.1 Å². The van der Waals surface area contributed by atoms with E-state index >= 15 is 0 Å². The van der Waals surface area contributed by atoms with E-state index in [4.69, 9.17) is 14.2 Å². The monoisotopic (exact) mass is 505 g/mol. The van der Waals surface area contributed by atoms with Crippen LogP contribution in [0.3, 0.4) is 0 Å². The van der Waals surface area contributed by atoms with Gasteiger partial charge in [0, 0.05) is 33.4 Å². The van der Waals surface area contributed by atoms with E-state index in [9.17, 15) is 0 Å². The molecule has 2 N–H and O–H groups in total. The molecule has 0 unspecified atom stereocenters. The topological polar surface area (TPSA) is 64.1 Å². The van der Waals surface area contributed by atoms with Crippen LogP contribution < -0.4 is 20.1 Å². The summed E-state index contributed by atoms with van der Waals surface area (Å²) in [7, 11) is 3.48. The summed E-state index contributed by atoms with van der Waals surface area (Å²) in [6.07, 6.45) is 7.19. The van der Waals surface area contributed by atoms with E-state index in [0.717, 1.165) is 68.5 Å². The molecule has 1 aromatic carbocycles. The fourth-order valence-corrected chi connectivity index (χ4v) is 3.20. The van der Waals surface area contributed by atoms with Crippen LogP contribution in [0.5, 0.6) is 11.5 Å². The van der Waals surface area contributed by atoms with Crippen LogP contribution in [0.2, 0.25) is 0 Å². The van der Waals surface area contributed by atoms with Crippen LogP contribution in [-0.2, 0) is 11.3 Å². The van der Waals surface area contributed by atoms with Gasteiger partial charge < -0.3 is 24.8 Å². The molecule has 1 aliphatic carbocycles. The quantitative estimate of drug-likeness (QED) is 0.205. The Morgan fingerprint density at radius 3 is 2.61 bits per heavy atom. The first-order chi connectivity index (χ1) is 13.3. The van der Waals surface area contributed by atoms with Crippen molar-refractivity contribution in [1.82, 2.24) is 10.6 Å². The van der Waals surface area contributed by atoms with Gasteiger partial charge in [0.05, 0.1) is 13.2 Å². The standard InChI is InChI=1S/C21H35N3O3.HI/c1-4-26-14-8-7-13-23-21(22-2)24-16-17-11-12-19(25-3)20(15-17)27-18-9-5-6-10-18;/h11-12,15,18H,4-10,13-14,16H2,1-3H3,(H2,22,23,24);1H. The Bertz CT molecular complexity index is 578. The first-order valence-electron chi connectivity index (χ1n) is 10.1. The van der Waals surface area contributed by atoms with Crippen molar-refractivity contribution in [3.8, 4) is 11.5 Å². The summed E-state index contributed by atoms with van der Waals surface area (Å²) in [6.45, 7) is 5.19. The number of rotatable bonds is 11. The SMILES string of the molecule is CCOCCCCNC(=NC)NCc1ccc(OC)c(OC2CCCC2)c1.I. The Morgan fingerprint density at radius 1 is 1.14 bits per heavy atom. The van der Waals surface area contributed by atoms with Gasteiger partial charge in [-0.05, 0) is 63.1 Å². The number of aliphatic imine (C=N–C) groups is 1. The fraction of sp³-hybridized carbons (Fsp3) is 0.667. The number of benzene rings is 1. The summed E-state index contributed by atoms with van der Waals surface area (Å²) in [5, 5.41) is 6.70. The zero-order valence-electron chi connectivity index (χ0n) is 17.5. The molecule has 0 amide bonds. The molecule has 1 fully saturated rings. The highest BCUT2D eigenvalue weighted by Crippen LogP contribution is 2.32. The lowest BCUT2D eigenvalue weighted by Crippen LogP contribution is -2.37. The zero-order chi connectivity index (χ0) is 19.3. The Labute approximate surface area is 186 Å². The van der Waals surface area contributed by atoms with E-state index in [1.54, 1.807) is 14.2 Å². The molecule has 6 nitrogen and oxygen atoms in total. The second kappa shape index (κ2) is 14.7. The molecular weight excluding hydrogens is 469 g/mol. The van der Waals surface area contributed by atoms with Crippen molar-refractivity contribution < 1.29 is 14.2 Å². The minimum atomic E-state index is 0. The van der Waals surface area contributed by atoms with Gasteiger partial charge in [-0.15, -0.1) is 24.0 Å². The van der Waals surface area contributed by atoms with Gasteiger partial charge in [0.1, 0.15) is 0 Å². The number of ether oxygens (including phenoxy) is 3. The van der Waals surface area contributed by atoms with Crippen LogP contribution in [0.25, 0.3) is 0 Å². The summed E-state index contributed by atoms with van der Waals surface area (Å²) in [4.78, 5) is 4.28. The minimum Gasteiger partial charge on any atom is -0.493 e. The third-order valence-electron chi connectivity index (χ3n) is 4.72. The van der Waals surface area contributed by atoms with E-state index in [-0.39, 0.29) is 24.0 Å². The highest BCUT2D eigenvalue weighted by Gasteiger charge is 2.18. The lowest BCUT2D eigenvalue weighted by atomic mass is 10.2. The van der Waals surface area contributed by atoms with Crippen molar-refractivity contribution in [2.24, 2.45) is 4.99 Å². The molecule has 0 aliphatic heterocycles. The van der Waals surface area contributed by atoms with Gasteiger partial charge in [-0.25, -0.2) is 0 Å². The normalized spacial score (nSPS) is 14.5. The molecule has 7 heteroatoms. The van der Waals surface area contributed by atoms with Crippen molar-refractivity contribution in [3.63, 3.8) is 0 Å². The summed E-state index contributed by atoms with van der Waals surface area (Å²) in [5.41, 5.74) is 1.14. The van der Waals surface area contributed by atoms with Gasteiger partial charge in [0.25, 0.3) is 0 Å². The van der Waals surface area contributed by atoms with Gasteiger partial charge in [-0.3, -0.25) is 4.99 Å². The van der Waals surface area contributed by atoms with Crippen LogP contribution in [0.1, 0.15) is 51.0 Å². The van der Waals surface area contributed by atoms with Gasteiger partial charge in [-0.1, -0.05) is 6.07 Å². The Morgan fingerprint density at radius 2 is 1.93 bits per heavy atom. The molecule has 0 heterocycles. The van der Waals surface area contributed by atoms with Crippen LogP contribution in [-0.4, -0.2) is 46.0 Å². The van der Waals surface area contributed by atoms with E-state index in [1.807, 2.05) is 13.0 Å². The molecule has 0 spiro atoms. The van der Waals surface area contributed by atoms with Crippen LogP contribution in [0, 0.1) is 0 Å². The lowest BCUT2D eigenvalue weighted by Gasteiger charge is -2.17. The molecule has 1 saturated carbocycles. The predicted octanol–water partition coefficient (Wildman–Crippen LogP) is 4.12. The number of unbranched alkanes of at least 4 members (excludes halogenated alkanes) is 1. The number of guanidine groups is 1. The highest BCUT2D eigenvalue weighted by atomic mass is 127. The Hall–Kier alpha value is -1.22. The van der Waals surface area contributed by atoms with Gasteiger partial charge in [0.15, 0.2) is 17.5 Å². The van der Waals surface area contributed by atoms with Crippen LogP contribution >= 0.6 is 24.0 Å². The van der Waals surface area contributed by atoms with E-state index in [2.05, 4.69) is 27.8 Å². The van der Waals surface area contributed by atoms with E-state index in [0.29, 0.717) is 12.6 Å².